The predicted octanol–water partition coefficient (Wildman–Crippen LogP) is 2.14. The molecule has 58 valence electrons. The van der Waals surface area contributed by atoms with Crippen LogP contribution >= 0.6 is 0 Å². The molecular weight excluding hydrogens is 124 g/mol. The van der Waals surface area contributed by atoms with E-state index in [1.54, 1.807) is 6.08 Å². The third-order valence-electron chi connectivity index (χ3n) is 0.949. The van der Waals surface area contributed by atoms with Crippen molar-refractivity contribution in [2.45, 2.75) is 20.8 Å². The van der Waals surface area contributed by atoms with Crippen molar-refractivity contribution in [1.82, 2.24) is 0 Å². The van der Waals surface area contributed by atoms with E-state index in [0.29, 0.717) is 0 Å². The van der Waals surface area contributed by atoms with Crippen molar-refractivity contribution in [3.05, 3.63) is 24.3 Å². The number of rotatable bonds is 2. The molecule has 1 nitrogen and oxygen atoms in total. The van der Waals surface area contributed by atoms with Crippen LogP contribution in [0, 0.1) is 5.41 Å². The fourth-order valence-electron chi connectivity index (χ4n) is 0.484. The first kappa shape index (κ1) is 9.44. The van der Waals surface area contributed by atoms with Gasteiger partial charge in [0.15, 0.2) is 0 Å². The lowest BCUT2D eigenvalue weighted by Crippen LogP contribution is -1.97. The van der Waals surface area contributed by atoms with Gasteiger partial charge >= 0.3 is 0 Å². The van der Waals surface area contributed by atoms with Crippen LogP contribution in [0.1, 0.15) is 20.8 Å². The van der Waals surface area contributed by atoms with Crippen molar-refractivity contribution in [1.29, 1.82) is 0 Å². The Morgan fingerprint density at radius 3 is 2.20 bits per heavy atom. The van der Waals surface area contributed by atoms with Gasteiger partial charge in [-0.3, -0.25) is 0 Å². The first-order chi connectivity index (χ1) is 4.56. The molecule has 0 saturated heterocycles. The summed E-state index contributed by atoms with van der Waals surface area (Å²) in [5.74, 6) is 0. The van der Waals surface area contributed by atoms with Crippen molar-refractivity contribution in [3.8, 4) is 0 Å². The van der Waals surface area contributed by atoms with E-state index < -0.39 is 0 Å². The normalized spacial score (nSPS) is 13.6. The minimum absolute atomic E-state index is 0.120. The van der Waals surface area contributed by atoms with Crippen LogP contribution in [0.15, 0.2) is 24.3 Å². The second-order valence-electron chi connectivity index (χ2n) is 3.34. The molecule has 0 saturated carbocycles. The summed E-state index contributed by atoms with van der Waals surface area (Å²) in [5.41, 5.74) is 0.236. The SMILES string of the molecule is CC(C)(C)C=CC=CCO. The third-order valence-corrected chi connectivity index (χ3v) is 0.949. The molecule has 1 heteroatoms. The number of aliphatic hydroxyl groups excluding tert-OH is 1. The van der Waals surface area contributed by atoms with E-state index in [1.807, 2.05) is 12.2 Å². The van der Waals surface area contributed by atoms with Crippen molar-refractivity contribution < 1.29 is 5.11 Å². The molecular formula is C9H16O. The molecule has 0 aromatic heterocycles. The average molecular weight is 140 g/mol. The van der Waals surface area contributed by atoms with Crippen molar-refractivity contribution in [3.63, 3.8) is 0 Å². The standard InChI is InChI=1S/C9H16O/c1-9(2,3)7-5-4-6-8-10/h4-7,10H,8H2,1-3H3. The smallest absolute Gasteiger partial charge is 0.0615 e. The summed E-state index contributed by atoms with van der Waals surface area (Å²) in [6, 6.07) is 0. The van der Waals surface area contributed by atoms with Crippen molar-refractivity contribution in [2.24, 2.45) is 5.41 Å². The second-order valence-corrected chi connectivity index (χ2v) is 3.34. The van der Waals surface area contributed by atoms with Crippen LogP contribution in [0.3, 0.4) is 0 Å². The summed E-state index contributed by atoms with van der Waals surface area (Å²) in [7, 11) is 0. The fourth-order valence-corrected chi connectivity index (χ4v) is 0.484. The quantitative estimate of drug-likeness (QED) is 0.583. The Hall–Kier alpha value is -0.560. The highest BCUT2D eigenvalue weighted by molar-refractivity contribution is 5.05. The molecule has 0 aromatic rings. The van der Waals surface area contributed by atoms with Gasteiger partial charge in [0.2, 0.25) is 0 Å². The Bertz CT molecular complexity index is 126. The molecule has 0 aliphatic carbocycles. The van der Waals surface area contributed by atoms with Crippen LogP contribution in [-0.4, -0.2) is 11.7 Å². The van der Waals surface area contributed by atoms with Gasteiger partial charge in [0.05, 0.1) is 6.61 Å². The van der Waals surface area contributed by atoms with Crippen molar-refractivity contribution in [2.75, 3.05) is 6.61 Å². The number of allylic oxidation sites excluding steroid dienone is 3. The van der Waals surface area contributed by atoms with Crippen LogP contribution in [0.5, 0.6) is 0 Å². The summed E-state index contributed by atoms with van der Waals surface area (Å²) in [5, 5.41) is 8.37. The maximum absolute atomic E-state index is 8.37. The molecule has 0 aromatic carbocycles. The molecule has 10 heavy (non-hydrogen) atoms. The minimum atomic E-state index is 0.120. The van der Waals surface area contributed by atoms with Gasteiger partial charge in [0, 0.05) is 0 Å². The molecule has 0 radical (unpaired) electrons. The van der Waals surface area contributed by atoms with Gasteiger partial charge in [-0.25, -0.2) is 0 Å². The summed E-state index contributed by atoms with van der Waals surface area (Å²) >= 11 is 0. The van der Waals surface area contributed by atoms with E-state index in [1.165, 1.54) is 0 Å². The number of hydrogen-bond donors (Lipinski definition) is 1. The molecule has 1 N–H and O–H groups in total. The van der Waals surface area contributed by atoms with E-state index in [2.05, 4.69) is 26.8 Å². The third kappa shape index (κ3) is 7.44. The first-order valence-corrected chi connectivity index (χ1v) is 3.51. The molecule has 0 bridgehead atoms. The largest absolute Gasteiger partial charge is 0.392 e. The fraction of sp³-hybridized carbons (Fsp3) is 0.556. The zero-order valence-corrected chi connectivity index (χ0v) is 6.96. The van der Waals surface area contributed by atoms with Gasteiger partial charge in [-0.15, -0.1) is 0 Å². The van der Waals surface area contributed by atoms with Gasteiger partial charge in [-0.2, -0.15) is 0 Å². The Labute approximate surface area is 63.1 Å². The first-order valence-electron chi connectivity index (χ1n) is 3.51. The predicted molar refractivity (Wildman–Crippen MR) is 44.8 cm³/mol. The lowest BCUT2D eigenvalue weighted by atomic mass is 9.96. The van der Waals surface area contributed by atoms with E-state index in [0.717, 1.165) is 0 Å². The van der Waals surface area contributed by atoms with Crippen LogP contribution in [0.2, 0.25) is 0 Å². The van der Waals surface area contributed by atoms with Gasteiger partial charge in [-0.1, -0.05) is 45.1 Å². The van der Waals surface area contributed by atoms with Gasteiger partial charge in [-0.05, 0) is 5.41 Å². The molecule has 0 unspecified atom stereocenters. The monoisotopic (exact) mass is 140 g/mol. The van der Waals surface area contributed by atoms with Crippen molar-refractivity contribution >= 4 is 0 Å². The van der Waals surface area contributed by atoms with Gasteiger partial charge in [0.25, 0.3) is 0 Å². The van der Waals surface area contributed by atoms with Gasteiger partial charge in [0.1, 0.15) is 0 Å². The van der Waals surface area contributed by atoms with Crippen LogP contribution in [0.25, 0.3) is 0 Å². The van der Waals surface area contributed by atoms with Crippen LogP contribution in [0.4, 0.5) is 0 Å². The van der Waals surface area contributed by atoms with E-state index in [9.17, 15) is 0 Å². The lowest BCUT2D eigenvalue weighted by molar-refractivity contribution is 0.342. The zero-order chi connectivity index (χ0) is 8.04. The summed E-state index contributed by atoms with van der Waals surface area (Å²) in [6.07, 6.45) is 7.61. The highest BCUT2D eigenvalue weighted by atomic mass is 16.2. The molecule has 0 rings (SSSR count). The lowest BCUT2D eigenvalue weighted by Gasteiger charge is -2.09. The molecule has 0 fully saturated rings. The van der Waals surface area contributed by atoms with E-state index in [4.69, 9.17) is 5.11 Å². The van der Waals surface area contributed by atoms with Crippen LogP contribution in [-0.2, 0) is 0 Å². The highest BCUT2D eigenvalue weighted by Crippen LogP contribution is 2.13. The summed E-state index contributed by atoms with van der Waals surface area (Å²) in [4.78, 5) is 0. The molecule has 0 heterocycles. The van der Waals surface area contributed by atoms with E-state index in [-0.39, 0.29) is 12.0 Å². The highest BCUT2D eigenvalue weighted by Gasteiger charge is 2.01. The summed E-state index contributed by atoms with van der Waals surface area (Å²) in [6.45, 7) is 6.53. The Morgan fingerprint density at radius 2 is 1.80 bits per heavy atom. The molecule has 0 aliphatic rings. The average Bonchev–Trinajstić information content (AvgIpc) is 1.78. The Kier molecular flexibility index (Phi) is 4.05. The molecule has 0 amide bonds. The Morgan fingerprint density at radius 1 is 1.20 bits per heavy atom. The molecule has 0 aliphatic heterocycles. The van der Waals surface area contributed by atoms with E-state index >= 15 is 0 Å². The maximum Gasteiger partial charge on any atom is 0.0615 e. The van der Waals surface area contributed by atoms with Gasteiger partial charge < -0.3 is 5.11 Å². The minimum Gasteiger partial charge on any atom is -0.392 e. The second kappa shape index (κ2) is 4.29. The Balaban J connectivity index is 3.66. The molecule has 0 atom stereocenters. The zero-order valence-electron chi connectivity index (χ0n) is 6.96. The topological polar surface area (TPSA) is 20.2 Å². The molecule has 0 spiro atoms. The van der Waals surface area contributed by atoms with Crippen LogP contribution < -0.4 is 0 Å². The summed E-state index contributed by atoms with van der Waals surface area (Å²) < 4.78 is 0. The number of aliphatic hydroxyl groups is 1. The number of hydrogen-bond acceptors (Lipinski definition) is 1. The maximum atomic E-state index is 8.37.